The van der Waals surface area contributed by atoms with Gasteiger partial charge in [-0.25, -0.2) is 4.39 Å². The van der Waals surface area contributed by atoms with Crippen molar-refractivity contribution < 1.29 is 14.3 Å². The summed E-state index contributed by atoms with van der Waals surface area (Å²) in [4.78, 5) is 15.4. The Morgan fingerprint density at radius 2 is 1.73 bits per heavy atom. The van der Waals surface area contributed by atoms with Crippen molar-refractivity contribution in [1.29, 1.82) is 0 Å². The van der Waals surface area contributed by atoms with Crippen molar-refractivity contribution in [2.24, 2.45) is 0 Å². The Hall–Kier alpha value is -1.98. The first-order valence-electron chi connectivity index (χ1n) is 7.45. The summed E-state index contributed by atoms with van der Waals surface area (Å²) in [5, 5.41) is 10.8. The van der Waals surface area contributed by atoms with Gasteiger partial charge in [-0.3, -0.25) is 9.69 Å². The molecule has 0 unspecified atom stereocenters. The van der Waals surface area contributed by atoms with E-state index < -0.39 is 6.61 Å². The van der Waals surface area contributed by atoms with Gasteiger partial charge in [0.25, 0.3) is 0 Å². The third-order valence-electron chi connectivity index (χ3n) is 4.13. The molecule has 4 nitrogen and oxygen atoms in total. The fourth-order valence-corrected chi connectivity index (χ4v) is 2.88. The summed E-state index contributed by atoms with van der Waals surface area (Å²) in [5.74, 6) is -0.419. The van der Waals surface area contributed by atoms with Gasteiger partial charge in [-0.15, -0.1) is 0 Å². The number of piperazine rings is 1. The van der Waals surface area contributed by atoms with E-state index in [-0.39, 0.29) is 11.7 Å². The molecule has 1 aliphatic rings. The van der Waals surface area contributed by atoms with Crippen LogP contribution in [0.1, 0.15) is 5.56 Å². The Labute approximate surface area is 128 Å². The van der Waals surface area contributed by atoms with Crippen molar-refractivity contribution in [3.8, 4) is 0 Å². The van der Waals surface area contributed by atoms with Crippen molar-refractivity contribution >= 4 is 16.7 Å². The molecule has 22 heavy (non-hydrogen) atoms. The molecule has 1 saturated heterocycles. The molecule has 1 N–H and O–H groups in total. The molecule has 0 bridgehead atoms. The molecule has 2 aromatic rings. The minimum atomic E-state index is -0.415. The number of benzene rings is 2. The first-order valence-corrected chi connectivity index (χ1v) is 7.45. The van der Waals surface area contributed by atoms with Crippen LogP contribution in [0, 0.1) is 5.82 Å². The van der Waals surface area contributed by atoms with Gasteiger partial charge in [0, 0.05) is 32.7 Å². The largest absolute Gasteiger partial charge is 0.387 e. The number of hydrogen-bond donors (Lipinski definition) is 1. The minimum absolute atomic E-state index is 0.201. The molecule has 0 saturated carbocycles. The normalized spacial score (nSPS) is 16.2. The number of aliphatic hydroxyl groups excluding tert-OH is 1. The fraction of sp³-hybridized carbons (Fsp3) is 0.353. The maximum atomic E-state index is 13.2. The molecule has 5 heteroatoms. The van der Waals surface area contributed by atoms with E-state index in [0.717, 1.165) is 30.4 Å². The van der Waals surface area contributed by atoms with Gasteiger partial charge in [-0.2, -0.15) is 0 Å². The van der Waals surface area contributed by atoms with Crippen LogP contribution < -0.4 is 0 Å². The Morgan fingerprint density at radius 1 is 1.05 bits per heavy atom. The smallest absolute Gasteiger partial charge is 0.248 e. The number of halogens is 1. The highest BCUT2D eigenvalue weighted by molar-refractivity contribution is 5.83. The molecule has 116 valence electrons. The van der Waals surface area contributed by atoms with Gasteiger partial charge in [0.05, 0.1) is 0 Å². The van der Waals surface area contributed by atoms with Crippen LogP contribution in [-0.2, 0) is 11.3 Å². The highest BCUT2D eigenvalue weighted by atomic mass is 19.1. The number of nitrogens with zero attached hydrogens (tertiary/aromatic N) is 2. The van der Waals surface area contributed by atoms with Gasteiger partial charge in [0.1, 0.15) is 12.4 Å². The Kier molecular flexibility index (Phi) is 4.36. The predicted molar refractivity (Wildman–Crippen MR) is 82.8 cm³/mol. The van der Waals surface area contributed by atoms with E-state index in [1.165, 1.54) is 11.6 Å². The van der Waals surface area contributed by atoms with Crippen LogP contribution in [0.3, 0.4) is 0 Å². The summed E-state index contributed by atoms with van der Waals surface area (Å²) in [5.41, 5.74) is 1.18. The lowest BCUT2D eigenvalue weighted by atomic mass is 10.1. The van der Waals surface area contributed by atoms with Crippen molar-refractivity contribution in [3.05, 3.63) is 47.8 Å². The standard InChI is InChI=1S/C17H19FN2O2/c18-16-4-3-14-9-13(1-2-15(14)10-16)11-19-5-7-20(8-6-19)17(22)12-21/h1-4,9-10,21H,5-8,11-12H2. The molecule has 0 radical (unpaired) electrons. The van der Waals surface area contributed by atoms with Crippen LogP contribution in [0.5, 0.6) is 0 Å². The minimum Gasteiger partial charge on any atom is -0.387 e. The second kappa shape index (κ2) is 6.42. The number of fused-ring (bicyclic) bond motifs is 1. The summed E-state index contributed by atoms with van der Waals surface area (Å²) >= 11 is 0. The number of amides is 1. The first-order chi connectivity index (χ1) is 10.7. The molecule has 1 aliphatic heterocycles. The lowest BCUT2D eigenvalue weighted by Crippen LogP contribution is -2.49. The fourth-order valence-electron chi connectivity index (χ4n) is 2.88. The van der Waals surface area contributed by atoms with Crippen molar-refractivity contribution in [2.45, 2.75) is 6.54 Å². The second-order valence-corrected chi connectivity index (χ2v) is 5.64. The van der Waals surface area contributed by atoms with Crippen molar-refractivity contribution in [2.75, 3.05) is 32.8 Å². The molecule has 1 amide bonds. The molecule has 1 fully saturated rings. The number of carbonyl (C=O) groups excluding carboxylic acids is 1. The van der Waals surface area contributed by atoms with E-state index in [9.17, 15) is 9.18 Å². The summed E-state index contributed by atoms with van der Waals surface area (Å²) in [6.45, 7) is 3.30. The third kappa shape index (κ3) is 3.26. The lowest BCUT2D eigenvalue weighted by molar-refractivity contribution is -0.135. The number of aliphatic hydroxyl groups is 1. The predicted octanol–water partition coefficient (Wildman–Crippen LogP) is 1.62. The summed E-state index contributed by atoms with van der Waals surface area (Å²) in [6, 6.07) is 10.9. The van der Waals surface area contributed by atoms with Crippen LogP contribution >= 0.6 is 0 Å². The number of hydrogen-bond acceptors (Lipinski definition) is 3. The SMILES string of the molecule is O=C(CO)N1CCN(Cc2ccc3cc(F)ccc3c2)CC1. The van der Waals surface area contributed by atoms with E-state index in [1.54, 1.807) is 17.0 Å². The maximum absolute atomic E-state index is 13.2. The summed E-state index contributed by atoms with van der Waals surface area (Å²) < 4.78 is 13.2. The number of carbonyl (C=O) groups is 1. The summed E-state index contributed by atoms with van der Waals surface area (Å²) in [6.07, 6.45) is 0. The quantitative estimate of drug-likeness (QED) is 0.937. The van der Waals surface area contributed by atoms with Gasteiger partial charge in [-0.05, 0) is 34.5 Å². The number of rotatable bonds is 3. The zero-order valence-electron chi connectivity index (χ0n) is 12.3. The second-order valence-electron chi connectivity index (χ2n) is 5.64. The van der Waals surface area contributed by atoms with E-state index in [2.05, 4.69) is 11.0 Å². The van der Waals surface area contributed by atoms with Crippen molar-refractivity contribution in [3.63, 3.8) is 0 Å². The molecule has 3 rings (SSSR count). The van der Waals surface area contributed by atoms with Crippen LogP contribution in [0.2, 0.25) is 0 Å². The first kappa shape index (κ1) is 14.9. The average Bonchev–Trinajstić information content (AvgIpc) is 2.55. The molecule has 1 heterocycles. The van der Waals surface area contributed by atoms with Gasteiger partial charge < -0.3 is 10.0 Å². The molecule has 0 aromatic heterocycles. The Bertz CT molecular complexity index is 681. The Balaban J connectivity index is 1.64. The van der Waals surface area contributed by atoms with E-state index in [1.807, 2.05) is 12.1 Å². The highest BCUT2D eigenvalue weighted by Gasteiger charge is 2.20. The van der Waals surface area contributed by atoms with Crippen molar-refractivity contribution in [1.82, 2.24) is 9.80 Å². The molecule has 0 aliphatic carbocycles. The van der Waals surface area contributed by atoms with Gasteiger partial charge in [0.15, 0.2) is 0 Å². The monoisotopic (exact) mass is 302 g/mol. The Morgan fingerprint density at radius 3 is 2.45 bits per heavy atom. The molecular weight excluding hydrogens is 283 g/mol. The third-order valence-corrected chi connectivity index (χ3v) is 4.13. The average molecular weight is 302 g/mol. The van der Waals surface area contributed by atoms with Crippen LogP contribution in [-0.4, -0.2) is 53.6 Å². The van der Waals surface area contributed by atoms with Crippen LogP contribution in [0.4, 0.5) is 4.39 Å². The van der Waals surface area contributed by atoms with Gasteiger partial charge in [-0.1, -0.05) is 18.2 Å². The summed E-state index contributed by atoms with van der Waals surface area (Å²) in [7, 11) is 0. The highest BCUT2D eigenvalue weighted by Crippen LogP contribution is 2.19. The topological polar surface area (TPSA) is 43.8 Å². The lowest BCUT2D eigenvalue weighted by Gasteiger charge is -2.34. The van der Waals surface area contributed by atoms with E-state index in [0.29, 0.717) is 13.1 Å². The van der Waals surface area contributed by atoms with Gasteiger partial charge in [0.2, 0.25) is 5.91 Å². The van der Waals surface area contributed by atoms with E-state index in [4.69, 9.17) is 5.11 Å². The van der Waals surface area contributed by atoms with Crippen LogP contribution in [0.25, 0.3) is 10.8 Å². The van der Waals surface area contributed by atoms with Gasteiger partial charge >= 0.3 is 0 Å². The molecular formula is C17H19FN2O2. The van der Waals surface area contributed by atoms with E-state index >= 15 is 0 Å². The van der Waals surface area contributed by atoms with Crippen LogP contribution in [0.15, 0.2) is 36.4 Å². The maximum Gasteiger partial charge on any atom is 0.248 e. The molecule has 0 spiro atoms. The zero-order chi connectivity index (χ0) is 15.5. The molecule has 2 aromatic carbocycles. The molecule has 0 atom stereocenters. The zero-order valence-corrected chi connectivity index (χ0v) is 12.3.